The number of methoxy groups -OCH3 is 1. The van der Waals surface area contributed by atoms with E-state index in [1.54, 1.807) is 25.1 Å². The third-order valence-electron chi connectivity index (χ3n) is 2.86. The molecule has 0 saturated carbocycles. The lowest BCUT2D eigenvalue weighted by molar-refractivity contribution is 0.414. The molecule has 0 saturated heterocycles. The van der Waals surface area contributed by atoms with E-state index in [-0.39, 0.29) is 9.92 Å². The van der Waals surface area contributed by atoms with E-state index < -0.39 is 15.8 Å². The van der Waals surface area contributed by atoms with Gasteiger partial charge in [-0.3, -0.25) is 4.72 Å². The molecular formula is C14H13ClFNO3S. The summed E-state index contributed by atoms with van der Waals surface area (Å²) in [6, 6.07) is 8.04. The van der Waals surface area contributed by atoms with Gasteiger partial charge >= 0.3 is 0 Å². The van der Waals surface area contributed by atoms with Crippen LogP contribution in [0, 0.1) is 12.7 Å². The van der Waals surface area contributed by atoms with Crippen molar-refractivity contribution in [3.05, 3.63) is 52.8 Å². The maximum Gasteiger partial charge on any atom is 0.263 e. The molecule has 7 heteroatoms. The van der Waals surface area contributed by atoms with Gasteiger partial charge in [0, 0.05) is 0 Å². The second kappa shape index (κ2) is 5.91. The second-order valence-electron chi connectivity index (χ2n) is 4.36. The smallest absolute Gasteiger partial charge is 0.263 e. The van der Waals surface area contributed by atoms with Gasteiger partial charge in [-0.25, -0.2) is 12.8 Å². The Bertz CT molecular complexity index is 778. The number of benzene rings is 2. The number of halogens is 2. The van der Waals surface area contributed by atoms with Crippen molar-refractivity contribution in [1.29, 1.82) is 0 Å². The molecule has 0 atom stereocenters. The molecule has 21 heavy (non-hydrogen) atoms. The number of aryl methyl sites for hydroxylation is 1. The Balaban J connectivity index is 2.37. The monoisotopic (exact) mass is 329 g/mol. The Labute approximate surface area is 127 Å². The number of rotatable bonds is 4. The van der Waals surface area contributed by atoms with Crippen LogP contribution in [0.25, 0.3) is 0 Å². The summed E-state index contributed by atoms with van der Waals surface area (Å²) < 4.78 is 45.1. The van der Waals surface area contributed by atoms with E-state index in [9.17, 15) is 12.8 Å². The topological polar surface area (TPSA) is 55.4 Å². The molecule has 2 aromatic carbocycles. The van der Waals surface area contributed by atoms with Gasteiger partial charge in [0.25, 0.3) is 10.0 Å². The Hall–Kier alpha value is -1.79. The van der Waals surface area contributed by atoms with E-state index in [1.807, 2.05) is 0 Å². The number of anilines is 1. The third kappa shape index (κ3) is 3.46. The first-order chi connectivity index (χ1) is 9.83. The van der Waals surface area contributed by atoms with Crippen LogP contribution in [0.4, 0.5) is 10.1 Å². The van der Waals surface area contributed by atoms with Crippen LogP contribution in [0.5, 0.6) is 5.75 Å². The fraction of sp³-hybridized carbons (Fsp3) is 0.143. The van der Waals surface area contributed by atoms with Crippen molar-refractivity contribution in [3.63, 3.8) is 0 Å². The largest absolute Gasteiger partial charge is 0.497 e. The molecule has 0 unspecified atom stereocenters. The molecular weight excluding hydrogens is 317 g/mol. The Morgan fingerprint density at radius 1 is 1.19 bits per heavy atom. The molecule has 0 heterocycles. The van der Waals surface area contributed by atoms with Crippen LogP contribution in [0.3, 0.4) is 0 Å². The van der Waals surface area contributed by atoms with Gasteiger partial charge in [0.1, 0.15) is 16.5 Å². The van der Waals surface area contributed by atoms with Gasteiger partial charge in [-0.05, 0) is 48.9 Å². The average molecular weight is 330 g/mol. The lowest BCUT2D eigenvalue weighted by Gasteiger charge is -2.12. The van der Waals surface area contributed by atoms with E-state index >= 15 is 0 Å². The zero-order valence-electron chi connectivity index (χ0n) is 11.4. The summed E-state index contributed by atoms with van der Waals surface area (Å²) >= 11 is 5.79. The van der Waals surface area contributed by atoms with Crippen molar-refractivity contribution in [1.82, 2.24) is 0 Å². The van der Waals surface area contributed by atoms with Gasteiger partial charge in [-0.1, -0.05) is 11.6 Å². The average Bonchev–Trinajstić information content (AvgIpc) is 2.40. The highest BCUT2D eigenvalue weighted by Gasteiger charge is 2.19. The van der Waals surface area contributed by atoms with Gasteiger partial charge < -0.3 is 4.74 Å². The van der Waals surface area contributed by atoms with Gasteiger partial charge in [-0.2, -0.15) is 0 Å². The van der Waals surface area contributed by atoms with Crippen molar-refractivity contribution in [3.8, 4) is 5.75 Å². The summed E-state index contributed by atoms with van der Waals surface area (Å²) in [6.07, 6.45) is 0. The van der Waals surface area contributed by atoms with Gasteiger partial charge in [-0.15, -0.1) is 0 Å². The zero-order valence-corrected chi connectivity index (χ0v) is 12.9. The summed E-state index contributed by atoms with van der Waals surface area (Å²) in [5.74, 6) is 0.0230. The molecule has 0 aliphatic rings. The van der Waals surface area contributed by atoms with E-state index in [1.165, 1.54) is 7.11 Å². The summed E-state index contributed by atoms with van der Waals surface area (Å²) in [7, 11) is -2.37. The fourth-order valence-corrected chi connectivity index (χ4v) is 3.43. The standard InChI is InChI=1S/C14H13ClFNO3S/c1-9-7-11(20-2)4-5-13(9)17-21(18,19)14-6-3-10(16)8-12(14)15/h3-8,17H,1-2H3. The quantitative estimate of drug-likeness (QED) is 0.932. The van der Waals surface area contributed by atoms with Crippen molar-refractivity contribution in [2.45, 2.75) is 11.8 Å². The van der Waals surface area contributed by atoms with E-state index in [0.29, 0.717) is 17.0 Å². The second-order valence-corrected chi connectivity index (χ2v) is 6.42. The van der Waals surface area contributed by atoms with Crippen LogP contribution in [0.2, 0.25) is 5.02 Å². The molecule has 112 valence electrons. The summed E-state index contributed by atoms with van der Waals surface area (Å²) in [6.45, 7) is 1.74. The molecule has 2 aromatic rings. The third-order valence-corrected chi connectivity index (χ3v) is 4.71. The van der Waals surface area contributed by atoms with Crippen LogP contribution < -0.4 is 9.46 Å². The Kier molecular flexibility index (Phi) is 4.39. The fourth-order valence-electron chi connectivity index (χ4n) is 1.77. The first kappa shape index (κ1) is 15.6. The van der Waals surface area contributed by atoms with Crippen molar-refractivity contribution < 1.29 is 17.5 Å². The molecule has 0 amide bonds. The minimum Gasteiger partial charge on any atom is -0.497 e. The highest BCUT2D eigenvalue weighted by molar-refractivity contribution is 7.92. The first-order valence-electron chi connectivity index (χ1n) is 5.96. The molecule has 0 bridgehead atoms. The molecule has 0 fully saturated rings. The normalized spacial score (nSPS) is 11.2. The minimum absolute atomic E-state index is 0.173. The molecule has 0 radical (unpaired) electrons. The molecule has 0 aliphatic heterocycles. The minimum atomic E-state index is -3.89. The van der Waals surface area contributed by atoms with Crippen LogP contribution >= 0.6 is 11.6 Å². The van der Waals surface area contributed by atoms with Gasteiger partial charge in [0.2, 0.25) is 0 Å². The highest BCUT2D eigenvalue weighted by Crippen LogP contribution is 2.27. The van der Waals surface area contributed by atoms with Crippen LogP contribution in [-0.2, 0) is 10.0 Å². The SMILES string of the molecule is COc1ccc(NS(=O)(=O)c2ccc(F)cc2Cl)c(C)c1. The van der Waals surface area contributed by atoms with Crippen LogP contribution in [0.1, 0.15) is 5.56 Å². The number of hydrogen-bond acceptors (Lipinski definition) is 3. The molecule has 0 aromatic heterocycles. The van der Waals surface area contributed by atoms with Gasteiger partial charge in [0.15, 0.2) is 0 Å². The van der Waals surface area contributed by atoms with Crippen molar-refractivity contribution in [2.24, 2.45) is 0 Å². The predicted molar refractivity (Wildman–Crippen MR) is 79.9 cm³/mol. The predicted octanol–water partition coefficient (Wildman–Crippen LogP) is 3.60. The molecule has 0 spiro atoms. The molecule has 4 nitrogen and oxygen atoms in total. The summed E-state index contributed by atoms with van der Waals surface area (Å²) in [5.41, 5.74) is 1.09. The van der Waals surface area contributed by atoms with E-state index in [4.69, 9.17) is 16.3 Å². The Morgan fingerprint density at radius 3 is 2.48 bits per heavy atom. The maximum atomic E-state index is 13.0. The van der Waals surface area contributed by atoms with E-state index in [0.717, 1.165) is 18.2 Å². The van der Waals surface area contributed by atoms with Crippen molar-refractivity contribution in [2.75, 3.05) is 11.8 Å². The van der Waals surface area contributed by atoms with Crippen molar-refractivity contribution >= 4 is 27.3 Å². The van der Waals surface area contributed by atoms with Crippen LogP contribution in [-0.4, -0.2) is 15.5 Å². The summed E-state index contributed by atoms with van der Waals surface area (Å²) in [5, 5.41) is -0.173. The molecule has 2 rings (SSSR count). The number of sulfonamides is 1. The zero-order chi connectivity index (χ0) is 15.6. The Morgan fingerprint density at radius 2 is 1.90 bits per heavy atom. The molecule has 0 aliphatic carbocycles. The number of hydrogen-bond donors (Lipinski definition) is 1. The first-order valence-corrected chi connectivity index (χ1v) is 7.82. The lowest BCUT2D eigenvalue weighted by atomic mass is 10.2. The lowest BCUT2D eigenvalue weighted by Crippen LogP contribution is -2.14. The summed E-state index contributed by atoms with van der Waals surface area (Å²) in [4.78, 5) is -0.180. The van der Waals surface area contributed by atoms with Crippen LogP contribution in [0.15, 0.2) is 41.3 Å². The van der Waals surface area contributed by atoms with E-state index in [2.05, 4.69) is 4.72 Å². The number of ether oxygens (including phenoxy) is 1. The highest BCUT2D eigenvalue weighted by atomic mass is 35.5. The van der Waals surface area contributed by atoms with Gasteiger partial charge in [0.05, 0.1) is 17.8 Å². The number of nitrogens with one attached hydrogen (secondary N) is 1. The molecule has 1 N–H and O–H groups in total. The maximum absolute atomic E-state index is 13.0.